The highest BCUT2D eigenvalue weighted by Gasteiger charge is 2.37. The molecule has 2 atom stereocenters. The Balaban J connectivity index is 1.76. The summed E-state index contributed by atoms with van der Waals surface area (Å²) in [5.41, 5.74) is 0.945. The monoisotopic (exact) mass is 274 g/mol. The molecule has 1 fully saturated rings. The lowest BCUT2D eigenvalue weighted by atomic mass is 10.0. The number of likely N-dealkylation sites (tertiary alicyclic amines) is 1. The second kappa shape index (κ2) is 5.53. The number of hydrogen-bond acceptors (Lipinski definition) is 4. The lowest BCUT2D eigenvalue weighted by Gasteiger charge is -2.22. The van der Waals surface area contributed by atoms with Crippen molar-refractivity contribution in [1.29, 1.82) is 0 Å². The molecule has 2 aliphatic heterocycles. The molecule has 0 bridgehead atoms. The number of carbonyl (C=O) groups excluding carboxylic acids is 1. The van der Waals surface area contributed by atoms with Gasteiger partial charge in [0.15, 0.2) is 18.5 Å². The molecule has 2 aliphatic rings. The van der Waals surface area contributed by atoms with Crippen LogP contribution >= 0.6 is 0 Å². The Morgan fingerprint density at radius 2 is 2.00 bits per heavy atom. The van der Waals surface area contributed by atoms with Gasteiger partial charge >= 0.3 is 0 Å². The molecule has 2 heterocycles. The molecule has 0 unspecified atom stereocenters. The minimum absolute atomic E-state index is 0.0667. The number of aliphatic imine (C=N–C) groups is 1. The fourth-order valence-electron chi connectivity index (χ4n) is 2.69. The molecule has 1 aromatic rings. The Kier molecular flexibility index (Phi) is 3.58. The minimum Gasteiger partial charge on any atom is -0.497 e. The summed E-state index contributed by atoms with van der Waals surface area (Å²) in [5.74, 6) is 0.854. The average Bonchev–Trinajstić information content (AvgIpc) is 3.18. The summed E-state index contributed by atoms with van der Waals surface area (Å²) in [4.78, 5) is 18.6. The van der Waals surface area contributed by atoms with Crippen LogP contribution in [-0.2, 0) is 9.53 Å². The van der Waals surface area contributed by atoms with Gasteiger partial charge in [0.2, 0.25) is 0 Å². The van der Waals surface area contributed by atoms with E-state index in [1.165, 1.54) is 6.40 Å². The number of nitrogens with zero attached hydrogens (tertiary/aromatic N) is 2. The maximum Gasteiger partial charge on any atom is 0.251 e. The van der Waals surface area contributed by atoms with E-state index < -0.39 is 6.04 Å². The molecule has 0 aliphatic carbocycles. The van der Waals surface area contributed by atoms with E-state index in [1.54, 1.807) is 7.11 Å². The van der Waals surface area contributed by atoms with Crippen LogP contribution in [0.1, 0.15) is 24.5 Å². The van der Waals surface area contributed by atoms with Crippen molar-refractivity contribution in [2.75, 3.05) is 20.2 Å². The number of methoxy groups -OCH3 is 1. The molecular weight excluding hydrogens is 256 g/mol. The van der Waals surface area contributed by atoms with Gasteiger partial charge in [0.25, 0.3) is 5.91 Å². The van der Waals surface area contributed by atoms with Crippen molar-refractivity contribution in [2.24, 2.45) is 4.99 Å². The van der Waals surface area contributed by atoms with Crippen LogP contribution in [-0.4, -0.2) is 43.4 Å². The van der Waals surface area contributed by atoms with Crippen molar-refractivity contribution in [3.8, 4) is 5.75 Å². The summed E-state index contributed by atoms with van der Waals surface area (Å²) in [5, 5.41) is 0. The van der Waals surface area contributed by atoms with Crippen LogP contribution in [0.4, 0.5) is 0 Å². The number of ether oxygens (including phenoxy) is 2. The molecule has 106 valence electrons. The average molecular weight is 274 g/mol. The fraction of sp³-hybridized carbons (Fsp3) is 0.467. The third-order valence-corrected chi connectivity index (χ3v) is 3.83. The predicted octanol–water partition coefficient (Wildman–Crippen LogP) is 1.79. The number of benzene rings is 1. The predicted molar refractivity (Wildman–Crippen MR) is 74.9 cm³/mol. The van der Waals surface area contributed by atoms with E-state index in [9.17, 15) is 4.79 Å². The summed E-state index contributed by atoms with van der Waals surface area (Å²) < 4.78 is 10.7. The second-order valence-electron chi connectivity index (χ2n) is 5.06. The molecule has 5 nitrogen and oxygen atoms in total. The van der Waals surface area contributed by atoms with Gasteiger partial charge in [-0.3, -0.25) is 4.79 Å². The van der Waals surface area contributed by atoms with Gasteiger partial charge in [0.1, 0.15) is 5.75 Å². The Morgan fingerprint density at radius 3 is 2.65 bits per heavy atom. The first-order chi connectivity index (χ1) is 9.79. The topological polar surface area (TPSA) is 51.1 Å². The fourth-order valence-corrected chi connectivity index (χ4v) is 2.69. The minimum atomic E-state index is -0.457. The van der Waals surface area contributed by atoms with Gasteiger partial charge in [-0.25, -0.2) is 4.99 Å². The van der Waals surface area contributed by atoms with E-state index in [0.717, 1.165) is 37.2 Å². The van der Waals surface area contributed by atoms with Gasteiger partial charge in [-0.15, -0.1) is 0 Å². The molecule has 0 radical (unpaired) electrons. The smallest absolute Gasteiger partial charge is 0.251 e. The van der Waals surface area contributed by atoms with Crippen LogP contribution in [0.15, 0.2) is 29.3 Å². The Labute approximate surface area is 118 Å². The summed E-state index contributed by atoms with van der Waals surface area (Å²) in [7, 11) is 1.63. The number of rotatable bonds is 3. The Bertz CT molecular complexity index is 506. The van der Waals surface area contributed by atoms with Crippen molar-refractivity contribution < 1.29 is 14.3 Å². The van der Waals surface area contributed by atoms with Crippen LogP contribution in [0.25, 0.3) is 0 Å². The molecule has 3 rings (SSSR count). The zero-order chi connectivity index (χ0) is 13.9. The second-order valence-corrected chi connectivity index (χ2v) is 5.06. The van der Waals surface area contributed by atoms with E-state index in [4.69, 9.17) is 9.47 Å². The molecule has 20 heavy (non-hydrogen) atoms. The standard InChI is InChI=1S/C15H18N2O3/c1-19-12-6-4-11(5-7-12)14-13(16-10-20-14)15(18)17-8-2-3-9-17/h4-7,10,13-14H,2-3,8-9H2,1H3/t13-,14+/m1/s1. The van der Waals surface area contributed by atoms with Crippen LogP contribution < -0.4 is 4.74 Å². The van der Waals surface area contributed by atoms with Gasteiger partial charge in [-0.2, -0.15) is 0 Å². The molecular formula is C15H18N2O3. The lowest BCUT2D eigenvalue weighted by Crippen LogP contribution is -2.38. The molecule has 5 heteroatoms. The van der Waals surface area contributed by atoms with Crippen LogP contribution in [0.3, 0.4) is 0 Å². The van der Waals surface area contributed by atoms with Gasteiger partial charge in [0.05, 0.1) is 7.11 Å². The molecule has 1 aromatic carbocycles. The van der Waals surface area contributed by atoms with Crippen LogP contribution in [0.5, 0.6) is 5.75 Å². The number of hydrogen-bond donors (Lipinski definition) is 0. The van der Waals surface area contributed by atoms with Crippen molar-refractivity contribution in [2.45, 2.75) is 25.0 Å². The van der Waals surface area contributed by atoms with Crippen molar-refractivity contribution in [3.63, 3.8) is 0 Å². The molecule has 0 saturated carbocycles. The summed E-state index contributed by atoms with van der Waals surface area (Å²) in [6.45, 7) is 1.67. The third kappa shape index (κ3) is 2.35. The quantitative estimate of drug-likeness (QED) is 0.844. The largest absolute Gasteiger partial charge is 0.497 e. The first-order valence-electron chi connectivity index (χ1n) is 6.89. The SMILES string of the molecule is COc1ccc([C@@H]2OC=N[C@H]2C(=O)N2CCCC2)cc1. The third-order valence-electron chi connectivity index (χ3n) is 3.83. The maximum atomic E-state index is 12.5. The Hall–Kier alpha value is -2.04. The van der Waals surface area contributed by atoms with Gasteiger partial charge in [-0.05, 0) is 30.5 Å². The zero-order valence-corrected chi connectivity index (χ0v) is 11.5. The highest BCUT2D eigenvalue weighted by molar-refractivity contribution is 5.85. The van der Waals surface area contributed by atoms with Gasteiger partial charge in [-0.1, -0.05) is 12.1 Å². The molecule has 1 amide bonds. The molecule has 0 aromatic heterocycles. The highest BCUT2D eigenvalue weighted by atomic mass is 16.5. The molecule has 1 saturated heterocycles. The first-order valence-corrected chi connectivity index (χ1v) is 6.89. The lowest BCUT2D eigenvalue weighted by molar-refractivity contribution is -0.133. The highest BCUT2D eigenvalue weighted by Crippen LogP contribution is 2.30. The zero-order valence-electron chi connectivity index (χ0n) is 11.5. The first kappa shape index (κ1) is 13.0. The molecule has 0 spiro atoms. The number of carbonyl (C=O) groups is 1. The maximum absolute atomic E-state index is 12.5. The van der Waals surface area contributed by atoms with Crippen molar-refractivity contribution >= 4 is 12.3 Å². The van der Waals surface area contributed by atoms with Crippen LogP contribution in [0, 0.1) is 0 Å². The van der Waals surface area contributed by atoms with Crippen LogP contribution in [0.2, 0.25) is 0 Å². The number of amides is 1. The van der Waals surface area contributed by atoms with Crippen molar-refractivity contribution in [3.05, 3.63) is 29.8 Å². The van der Waals surface area contributed by atoms with Gasteiger partial charge in [0, 0.05) is 13.1 Å². The van der Waals surface area contributed by atoms with E-state index in [-0.39, 0.29) is 12.0 Å². The normalized spacial score (nSPS) is 24.8. The van der Waals surface area contributed by atoms with Gasteiger partial charge < -0.3 is 14.4 Å². The van der Waals surface area contributed by atoms with E-state index in [1.807, 2.05) is 29.2 Å². The summed E-state index contributed by atoms with van der Waals surface area (Å²) >= 11 is 0. The van der Waals surface area contributed by atoms with E-state index >= 15 is 0 Å². The molecule has 0 N–H and O–H groups in total. The van der Waals surface area contributed by atoms with Crippen molar-refractivity contribution in [1.82, 2.24) is 4.90 Å². The summed E-state index contributed by atoms with van der Waals surface area (Å²) in [6.07, 6.45) is 3.23. The summed E-state index contributed by atoms with van der Waals surface area (Å²) in [6, 6.07) is 7.12. The Morgan fingerprint density at radius 1 is 1.30 bits per heavy atom. The van der Waals surface area contributed by atoms with E-state index in [2.05, 4.69) is 4.99 Å². The van der Waals surface area contributed by atoms with E-state index in [0.29, 0.717) is 0 Å².